The Labute approximate surface area is 131 Å². The van der Waals surface area contributed by atoms with Gasteiger partial charge in [0.15, 0.2) is 6.10 Å². The van der Waals surface area contributed by atoms with E-state index in [0.717, 1.165) is 34.3 Å². The first-order chi connectivity index (χ1) is 10.1. The summed E-state index contributed by atoms with van der Waals surface area (Å²) in [5.74, 6) is -0.0490. The van der Waals surface area contributed by atoms with Gasteiger partial charge in [0.1, 0.15) is 11.9 Å². The van der Waals surface area contributed by atoms with Crippen LogP contribution in [0.2, 0.25) is 0 Å². The molecule has 1 aliphatic rings. The van der Waals surface area contributed by atoms with Crippen molar-refractivity contribution in [3.05, 3.63) is 28.5 Å². The summed E-state index contributed by atoms with van der Waals surface area (Å²) in [7, 11) is 0. The average molecular weight is 353 g/mol. The Kier molecular flexibility index (Phi) is 3.99. The van der Waals surface area contributed by atoms with Gasteiger partial charge >= 0.3 is 5.97 Å². The van der Waals surface area contributed by atoms with E-state index >= 15 is 0 Å². The zero-order valence-corrected chi connectivity index (χ0v) is 13.3. The van der Waals surface area contributed by atoms with Crippen LogP contribution < -0.4 is 0 Å². The lowest BCUT2D eigenvalue weighted by atomic mass is 10.2. The smallest absolute Gasteiger partial charge is 0.332 e. The maximum Gasteiger partial charge on any atom is 0.332 e. The molecule has 5 nitrogen and oxygen atoms in total. The molecule has 2 aromatic rings. The van der Waals surface area contributed by atoms with Crippen LogP contribution in [0.15, 0.2) is 22.7 Å². The van der Waals surface area contributed by atoms with Crippen molar-refractivity contribution in [3.8, 4) is 0 Å². The number of carboxylic acids is 1. The van der Waals surface area contributed by atoms with Gasteiger partial charge in [0, 0.05) is 11.0 Å². The number of aliphatic carboxylic acids is 1. The van der Waals surface area contributed by atoms with Crippen LogP contribution in [0.5, 0.6) is 0 Å². The van der Waals surface area contributed by atoms with Crippen molar-refractivity contribution in [2.75, 3.05) is 0 Å². The monoisotopic (exact) mass is 352 g/mol. The number of hydrogen-bond acceptors (Lipinski definition) is 3. The highest BCUT2D eigenvalue weighted by Crippen LogP contribution is 2.34. The number of fused-ring (bicyclic) bond motifs is 1. The van der Waals surface area contributed by atoms with E-state index in [1.54, 1.807) is 0 Å². The van der Waals surface area contributed by atoms with Crippen molar-refractivity contribution in [2.24, 2.45) is 0 Å². The highest BCUT2D eigenvalue weighted by Gasteiger charge is 2.34. The molecule has 2 heterocycles. The second-order valence-electron chi connectivity index (χ2n) is 5.28. The maximum absolute atomic E-state index is 11.0. The van der Waals surface area contributed by atoms with Crippen LogP contribution in [0.25, 0.3) is 11.0 Å². The van der Waals surface area contributed by atoms with Crippen molar-refractivity contribution in [3.63, 3.8) is 0 Å². The predicted octanol–water partition coefficient (Wildman–Crippen LogP) is 3.51. The maximum atomic E-state index is 11.0. The molecule has 2 atom stereocenters. The lowest BCUT2D eigenvalue weighted by molar-refractivity contribution is -0.149. The summed E-state index contributed by atoms with van der Waals surface area (Å²) in [4.78, 5) is 15.7. The van der Waals surface area contributed by atoms with E-state index in [4.69, 9.17) is 9.84 Å². The van der Waals surface area contributed by atoms with Gasteiger partial charge in [-0.25, -0.2) is 9.78 Å². The lowest BCUT2D eigenvalue weighted by Crippen LogP contribution is -2.19. The standard InChI is InChI=1S/C15H17BrN2O3/c1-2-7-18-11-4-3-9(16)8-10(11)17-14(18)12-5-6-13(21-12)15(19)20/h3-4,8,12-13H,2,5-7H2,1H3,(H,19,20). The number of halogens is 1. The number of rotatable bonds is 4. The second kappa shape index (κ2) is 5.77. The Morgan fingerprint density at radius 2 is 2.33 bits per heavy atom. The molecule has 6 heteroatoms. The molecule has 0 saturated carbocycles. The summed E-state index contributed by atoms with van der Waals surface area (Å²) in [5, 5.41) is 9.07. The molecule has 21 heavy (non-hydrogen) atoms. The highest BCUT2D eigenvalue weighted by atomic mass is 79.9. The molecule has 0 radical (unpaired) electrons. The van der Waals surface area contributed by atoms with Crippen molar-refractivity contribution >= 4 is 32.9 Å². The second-order valence-corrected chi connectivity index (χ2v) is 6.20. The molecular formula is C15H17BrN2O3. The first kappa shape index (κ1) is 14.5. The normalized spacial score (nSPS) is 22.0. The van der Waals surface area contributed by atoms with Crippen LogP contribution in [-0.2, 0) is 16.1 Å². The number of ether oxygens (including phenoxy) is 1. The average Bonchev–Trinajstić information content (AvgIpc) is 3.04. The summed E-state index contributed by atoms with van der Waals surface area (Å²) in [6.07, 6.45) is 1.29. The van der Waals surface area contributed by atoms with Gasteiger partial charge in [-0.15, -0.1) is 0 Å². The number of aryl methyl sites for hydroxylation is 1. The molecule has 3 rings (SSSR count). The zero-order valence-electron chi connectivity index (χ0n) is 11.8. The Hall–Kier alpha value is -1.40. The number of aromatic nitrogens is 2. The van der Waals surface area contributed by atoms with E-state index in [0.29, 0.717) is 12.8 Å². The highest BCUT2D eigenvalue weighted by molar-refractivity contribution is 9.10. The molecule has 1 aromatic heterocycles. The van der Waals surface area contributed by atoms with E-state index in [9.17, 15) is 4.79 Å². The lowest BCUT2D eigenvalue weighted by Gasteiger charge is -2.13. The molecular weight excluding hydrogens is 336 g/mol. The van der Waals surface area contributed by atoms with Gasteiger partial charge < -0.3 is 14.4 Å². The minimum absolute atomic E-state index is 0.233. The SMILES string of the molecule is CCCn1c(C2CCC(C(=O)O)O2)nc2cc(Br)ccc21. The van der Waals surface area contributed by atoms with Gasteiger partial charge in [0.25, 0.3) is 0 Å². The van der Waals surface area contributed by atoms with Gasteiger partial charge in [0.2, 0.25) is 0 Å². The topological polar surface area (TPSA) is 64.4 Å². The van der Waals surface area contributed by atoms with Crippen LogP contribution in [0.3, 0.4) is 0 Å². The Morgan fingerprint density at radius 1 is 1.52 bits per heavy atom. The van der Waals surface area contributed by atoms with Gasteiger partial charge in [0.05, 0.1) is 11.0 Å². The summed E-state index contributed by atoms with van der Waals surface area (Å²) < 4.78 is 8.80. The first-order valence-corrected chi connectivity index (χ1v) is 7.93. The largest absolute Gasteiger partial charge is 0.479 e. The van der Waals surface area contributed by atoms with E-state index in [1.807, 2.05) is 18.2 Å². The fourth-order valence-corrected chi connectivity index (χ4v) is 3.18. The third-order valence-corrected chi connectivity index (χ3v) is 4.26. The van der Waals surface area contributed by atoms with Crippen molar-refractivity contribution in [2.45, 2.75) is 44.9 Å². The summed E-state index contributed by atoms with van der Waals surface area (Å²) >= 11 is 3.46. The molecule has 1 fully saturated rings. The fraction of sp³-hybridized carbons (Fsp3) is 0.467. The molecule has 0 aliphatic carbocycles. The van der Waals surface area contributed by atoms with Gasteiger partial charge in [-0.3, -0.25) is 0 Å². The quantitative estimate of drug-likeness (QED) is 0.914. The van der Waals surface area contributed by atoms with Crippen LogP contribution in [0.4, 0.5) is 0 Å². The molecule has 1 N–H and O–H groups in total. The number of imidazole rings is 1. The molecule has 112 valence electrons. The van der Waals surface area contributed by atoms with Gasteiger partial charge in [-0.05, 0) is 37.5 Å². The van der Waals surface area contributed by atoms with Crippen molar-refractivity contribution in [1.82, 2.24) is 9.55 Å². The Balaban J connectivity index is 2.01. The third-order valence-electron chi connectivity index (χ3n) is 3.77. The fourth-order valence-electron chi connectivity index (χ4n) is 2.83. The number of hydrogen-bond donors (Lipinski definition) is 1. The van der Waals surface area contributed by atoms with E-state index < -0.39 is 12.1 Å². The van der Waals surface area contributed by atoms with Crippen LogP contribution in [0.1, 0.15) is 38.1 Å². The number of carboxylic acid groups (broad SMARTS) is 1. The molecule has 1 aromatic carbocycles. The third kappa shape index (κ3) is 2.70. The first-order valence-electron chi connectivity index (χ1n) is 7.14. The minimum atomic E-state index is -0.890. The zero-order chi connectivity index (χ0) is 15.0. The molecule has 0 bridgehead atoms. The Bertz CT molecular complexity index is 683. The number of benzene rings is 1. The number of carbonyl (C=O) groups is 1. The van der Waals surface area contributed by atoms with Crippen molar-refractivity contribution in [1.29, 1.82) is 0 Å². The summed E-state index contributed by atoms with van der Waals surface area (Å²) in [6, 6.07) is 6.01. The van der Waals surface area contributed by atoms with Gasteiger partial charge in [-0.2, -0.15) is 0 Å². The van der Waals surface area contributed by atoms with Gasteiger partial charge in [-0.1, -0.05) is 22.9 Å². The van der Waals surface area contributed by atoms with Crippen LogP contribution in [-0.4, -0.2) is 26.7 Å². The molecule has 1 aliphatic heterocycles. The molecule has 0 spiro atoms. The van der Waals surface area contributed by atoms with E-state index in [1.165, 1.54) is 0 Å². The Morgan fingerprint density at radius 3 is 3.00 bits per heavy atom. The minimum Gasteiger partial charge on any atom is -0.479 e. The molecule has 1 saturated heterocycles. The van der Waals surface area contributed by atoms with E-state index in [2.05, 4.69) is 32.4 Å². The molecule has 0 amide bonds. The predicted molar refractivity (Wildman–Crippen MR) is 82.2 cm³/mol. The van der Waals surface area contributed by atoms with Crippen molar-refractivity contribution < 1.29 is 14.6 Å². The summed E-state index contributed by atoms with van der Waals surface area (Å²) in [6.45, 7) is 2.97. The molecule has 2 unspecified atom stereocenters. The van der Waals surface area contributed by atoms with E-state index in [-0.39, 0.29) is 6.10 Å². The van der Waals surface area contributed by atoms with Crippen LogP contribution >= 0.6 is 15.9 Å². The number of nitrogens with zero attached hydrogens (tertiary/aromatic N) is 2. The summed E-state index contributed by atoms with van der Waals surface area (Å²) in [5.41, 5.74) is 1.98. The van der Waals surface area contributed by atoms with Crippen LogP contribution in [0, 0.1) is 0 Å².